The number of nitro groups is 1. The van der Waals surface area contributed by atoms with E-state index in [1.165, 1.54) is 19.2 Å². The molecule has 1 saturated heterocycles. The molecule has 1 aromatic rings. The summed E-state index contributed by atoms with van der Waals surface area (Å²) in [5.74, 6) is 0.395. The van der Waals surface area contributed by atoms with Gasteiger partial charge in [0.1, 0.15) is 5.75 Å². The van der Waals surface area contributed by atoms with Crippen LogP contribution in [0.3, 0.4) is 0 Å². The molecule has 2 unspecified atom stereocenters. The highest BCUT2D eigenvalue weighted by atomic mass is 32.2. The fourth-order valence-electron chi connectivity index (χ4n) is 2.40. The Morgan fingerprint density at radius 2 is 2.18 bits per heavy atom. The molecule has 1 aliphatic rings. The Bertz CT molecular complexity index is 662. The summed E-state index contributed by atoms with van der Waals surface area (Å²) in [6.07, 6.45) is 0.845. The highest BCUT2D eigenvalue weighted by molar-refractivity contribution is 7.89. The van der Waals surface area contributed by atoms with Crippen LogP contribution in [-0.2, 0) is 10.0 Å². The van der Waals surface area contributed by atoms with Crippen LogP contribution in [0.25, 0.3) is 0 Å². The van der Waals surface area contributed by atoms with Gasteiger partial charge in [-0.25, -0.2) is 13.1 Å². The maximum Gasteiger partial charge on any atom is 0.293 e. The number of ether oxygens (including phenoxy) is 1. The van der Waals surface area contributed by atoms with E-state index in [4.69, 9.17) is 4.74 Å². The van der Waals surface area contributed by atoms with Gasteiger partial charge < -0.3 is 10.1 Å². The zero-order valence-electron chi connectivity index (χ0n) is 12.4. The van der Waals surface area contributed by atoms with Gasteiger partial charge >= 0.3 is 0 Å². The van der Waals surface area contributed by atoms with Gasteiger partial charge in [-0.1, -0.05) is 6.92 Å². The second kappa shape index (κ2) is 6.59. The average Bonchev–Trinajstić information content (AvgIpc) is 2.48. The fraction of sp³-hybridized carbons (Fsp3) is 0.538. The molecule has 0 aromatic heterocycles. The van der Waals surface area contributed by atoms with Crippen molar-refractivity contribution in [1.29, 1.82) is 0 Å². The monoisotopic (exact) mass is 329 g/mol. The second-order valence-electron chi connectivity index (χ2n) is 5.29. The minimum absolute atomic E-state index is 0.160. The van der Waals surface area contributed by atoms with Crippen molar-refractivity contribution in [2.45, 2.75) is 24.3 Å². The number of rotatable bonds is 5. The number of nitro benzene ring substituents is 1. The molecule has 1 fully saturated rings. The van der Waals surface area contributed by atoms with Crippen molar-refractivity contribution in [2.24, 2.45) is 5.92 Å². The molecule has 2 N–H and O–H groups in total. The quantitative estimate of drug-likeness (QED) is 0.613. The van der Waals surface area contributed by atoms with Crippen LogP contribution in [-0.4, -0.2) is 39.6 Å². The molecule has 1 aromatic carbocycles. The summed E-state index contributed by atoms with van der Waals surface area (Å²) in [6, 6.07) is 3.40. The van der Waals surface area contributed by atoms with Crippen LogP contribution in [0.1, 0.15) is 13.3 Å². The standard InChI is InChI=1S/C13H19N3O5S/c1-9-5-6-14-8-11(9)15-22(19,20)13-4-3-10(21-2)7-12(13)16(17)18/h3-4,7,9,11,14-15H,5-6,8H2,1-2H3. The molecule has 0 saturated carbocycles. The Morgan fingerprint density at radius 3 is 2.77 bits per heavy atom. The molecule has 0 aliphatic carbocycles. The number of nitrogens with one attached hydrogen (secondary N) is 2. The second-order valence-corrected chi connectivity index (χ2v) is 6.97. The molecule has 0 radical (unpaired) electrons. The lowest BCUT2D eigenvalue weighted by Crippen LogP contribution is -2.50. The van der Waals surface area contributed by atoms with Crippen LogP contribution in [0.4, 0.5) is 5.69 Å². The van der Waals surface area contributed by atoms with Crippen molar-refractivity contribution < 1.29 is 18.1 Å². The maximum absolute atomic E-state index is 12.5. The Kier molecular flexibility index (Phi) is 4.99. The summed E-state index contributed by atoms with van der Waals surface area (Å²) in [5, 5.41) is 14.3. The van der Waals surface area contributed by atoms with E-state index in [0.717, 1.165) is 19.0 Å². The summed E-state index contributed by atoms with van der Waals surface area (Å²) in [4.78, 5) is 10.1. The van der Waals surface area contributed by atoms with Crippen molar-refractivity contribution in [3.8, 4) is 5.75 Å². The van der Waals surface area contributed by atoms with E-state index in [0.29, 0.717) is 6.54 Å². The first-order valence-electron chi connectivity index (χ1n) is 6.90. The number of piperidine rings is 1. The van der Waals surface area contributed by atoms with Crippen LogP contribution >= 0.6 is 0 Å². The van der Waals surface area contributed by atoms with Crippen molar-refractivity contribution in [1.82, 2.24) is 10.0 Å². The Balaban J connectivity index is 2.34. The van der Waals surface area contributed by atoms with Gasteiger partial charge in [0, 0.05) is 12.6 Å². The number of hydrogen-bond acceptors (Lipinski definition) is 6. The molecule has 2 rings (SSSR count). The van der Waals surface area contributed by atoms with Gasteiger partial charge in [-0.2, -0.15) is 0 Å². The minimum Gasteiger partial charge on any atom is -0.497 e. The number of sulfonamides is 1. The van der Waals surface area contributed by atoms with Crippen LogP contribution in [0.2, 0.25) is 0 Å². The summed E-state index contributed by atoms with van der Waals surface area (Å²) >= 11 is 0. The van der Waals surface area contributed by atoms with E-state index in [2.05, 4.69) is 10.0 Å². The number of hydrogen-bond donors (Lipinski definition) is 2. The molecule has 0 bridgehead atoms. The van der Waals surface area contributed by atoms with Crippen molar-refractivity contribution in [3.63, 3.8) is 0 Å². The predicted octanol–water partition coefficient (Wildman–Crippen LogP) is 0.880. The van der Waals surface area contributed by atoms with Gasteiger partial charge in [0.25, 0.3) is 5.69 Å². The molecule has 9 heteroatoms. The van der Waals surface area contributed by atoms with E-state index in [1.54, 1.807) is 0 Å². The Hall–Kier alpha value is -1.71. The first-order valence-corrected chi connectivity index (χ1v) is 8.39. The third-order valence-electron chi connectivity index (χ3n) is 3.79. The molecular weight excluding hydrogens is 310 g/mol. The van der Waals surface area contributed by atoms with Crippen molar-refractivity contribution in [2.75, 3.05) is 20.2 Å². The lowest BCUT2D eigenvalue weighted by molar-refractivity contribution is -0.387. The van der Waals surface area contributed by atoms with Gasteiger partial charge in [0.15, 0.2) is 4.90 Å². The zero-order chi connectivity index (χ0) is 16.3. The number of benzene rings is 1. The highest BCUT2D eigenvalue weighted by Crippen LogP contribution is 2.28. The lowest BCUT2D eigenvalue weighted by atomic mass is 9.96. The first-order chi connectivity index (χ1) is 10.3. The van der Waals surface area contributed by atoms with E-state index in [-0.39, 0.29) is 22.6 Å². The SMILES string of the molecule is COc1ccc(S(=O)(=O)NC2CNCCC2C)c([N+](=O)[O-])c1. The van der Waals surface area contributed by atoms with Crippen molar-refractivity contribution in [3.05, 3.63) is 28.3 Å². The normalized spacial score (nSPS) is 22.3. The van der Waals surface area contributed by atoms with Gasteiger partial charge in [-0.05, 0) is 31.0 Å². The number of nitrogens with zero attached hydrogens (tertiary/aromatic N) is 1. The summed E-state index contributed by atoms with van der Waals surface area (Å²) in [7, 11) is -2.62. The summed E-state index contributed by atoms with van der Waals surface area (Å²) in [6.45, 7) is 3.29. The summed E-state index contributed by atoms with van der Waals surface area (Å²) < 4.78 is 32.4. The zero-order valence-corrected chi connectivity index (χ0v) is 13.2. The molecule has 1 aliphatic heterocycles. The van der Waals surface area contributed by atoms with Gasteiger partial charge in [0.2, 0.25) is 10.0 Å². The molecule has 0 amide bonds. The van der Waals surface area contributed by atoms with Crippen LogP contribution in [0, 0.1) is 16.0 Å². The average molecular weight is 329 g/mol. The van der Waals surface area contributed by atoms with Crippen LogP contribution in [0.15, 0.2) is 23.1 Å². The third kappa shape index (κ3) is 3.54. The highest BCUT2D eigenvalue weighted by Gasteiger charge is 2.31. The Labute approximate surface area is 129 Å². The predicted molar refractivity (Wildman–Crippen MR) is 80.4 cm³/mol. The van der Waals surface area contributed by atoms with E-state index in [9.17, 15) is 18.5 Å². The fourth-order valence-corrected chi connectivity index (χ4v) is 3.90. The van der Waals surface area contributed by atoms with E-state index < -0.39 is 20.6 Å². The summed E-state index contributed by atoms with van der Waals surface area (Å²) in [5.41, 5.74) is -0.497. The lowest BCUT2D eigenvalue weighted by Gasteiger charge is -2.29. The maximum atomic E-state index is 12.5. The van der Waals surface area contributed by atoms with Crippen molar-refractivity contribution >= 4 is 15.7 Å². The number of methoxy groups -OCH3 is 1. The van der Waals surface area contributed by atoms with E-state index in [1.807, 2.05) is 6.92 Å². The molecule has 2 atom stereocenters. The third-order valence-corrected chi connectivity index (χ3v) is 5.32. The molecule has 0 spiro atoms. The van der Waals surface area contributed by atoms with Crippen LogP contribution < -0.4 is 14.8 Å². The molecule has 1 heterocycles. The smallest absolute Gasteiger partial charge is 0.293 e. The van der Waals surface area contributed by atoms with Gasteiger partial charge in [-0.15, -0.1) is 0 Å². The van der Waals surface area contributed by atoms with Gasteiger partial charge in [-0.3, -0.25) is 10.1 Å². The molecule has 122 valence electrons. The van der Waals surface area contributed by atoms with Gasteiger partial charge in [0.05, 0.1) is 18.1 Å². The first kappa shape index (κ1) is 16.7. The molecule has 8 nitrogen and oxygen atoms in total. The minimum atomic E-state index is -3.98. The largest absolute Gasteiger partial charge is 0.497 e. The molecular formula is C13H19N3O5S. The molecule has 22 heavy (non-hydrogen) atoms. The Morgan fingerprint density at radius 1 is 1.45 bits per heavy atom. The van der Waals surface area contributed by atoms with E-state index >= 15 is 0 Å². The van der Waals surface area contributed by atoms with Crippen LogP contribution in [0.5, 0.6) is 5.75 Å². The topological polar surface area (TPSA) is 111 Å².